The molecule has 0 amide bonds. The number of rotatable bonds is 4. The van der Waals surface area contributed by atoms with Crippen LogP contribution in [0, 0.1) is 12.8 Å². The molecular formula is C16H25N. The molecule has 2 rings (SSSR count). The Kier molecular flexibility index (Phi) is 3.88. The Morgan fingerprint density at radius 1 is 1.29 bits per heavy atom. The summed E-state index contributed by atoms with van der Waals surface area (Å²) in [6, 6.07) is 8.82. The third-order valence-electron chi connectivity index (χ3n) is 3.92. The highest BCUT2D eigenvalue weighted by Crippen LogP contribution is 2.31. The van der Waals surface area contributed by atoms with Crippen molar-refractivity contribution in [1.29, 1.82) is 0 Å². The molecule has 0 radical (unpaired) electrons. The minimum atomic E-state index is 0.361. The van der Waals surface area contributed by atoms with E-state index in [1.54, 1.807) is 0 Å². The van der Waals surface area contributed by atoms with E-state index in [-0.39, 0.29) is 0 Å². The predicted octanol–water partition coefficient (Wildman–Crippen LogP) is 3.71. The van der Waals surface area contributed by atoms with Gasteiger partial charge in [-0.1, -0.05) is 38.1 Å². The van der Waals surface area contributed by atoms with Gasteiger partial charge in [-0.2, -0.15) is 0 Å². The van der Waals surface area contributed by atoms with Crippen molar-refractivity contribution in [2.75, 3.05) is 6.54 Å². The van der Waals surface area contributed by atoms with Crippen molar-refractivity contribution < 1.29 is 0 Å². The van der Waals surface area contributed by atoms with Crippen molar-refractivity contribution in [2.24, 2.45) is 5.92 Å². The lowest BCUT2D eigenvalue weighted by atomic mass is 9.81. The van der Waals surface area contributed by atoms with Crippen LogP contribution in [0.4, 0.5) is 0 Å². The van der Waals surface area contributed by atoms with Gasteiger partial charge in [-0.25, -0.2) is 0 Å². The Balaban J connectivity index is 2.15. The summed E-state index contributed by atoms with van der Waals surface area (Å²) in [5.41, 5.74) is 3.31. The summed E-state index contributed by atoms with van der Waals surface area (Å²) >= 11 is 0. The highest BCUT2D eigenvalue weighted by molar-refractivity contribution is 5.28. The first kappa shape index (κ1) is 12.6. The molecule has 1 nitrogen and oxygen atoms in total. The van der Waals surface area contributed by atoms with Crippen molar-refractivity contribution in [2.45, 2.75) is 52.0 Å². The van der Waals surface area contributed by atoms with Crippen LogP contribution in [0.1, 0.15) is 44.2 Å². The van der Waals surface area contributed by atoms with Crippen molar-refractivity contribution in [3.63, 3.8) is 0 Å². The number of hydrogen-bond donors (Lipinski definition) is 1. The summed E-state index contributed by atoms with van der Waals surface area (Å²) in [4.78, 5) is 0. The van der Waals surface area contributed by atoms with Crippen molar-refractivity contribution in [1.82, 2.24) is 5.32 Å². The second kappa shape index (κ2) is 5.22. The molecule has 1 aromatic rings. The van der Waals surface area contributed by atoms with Gasteiger partial charge in [0.15, 0.2) is 0 Å². The molecule has 1 unspecified atom stereocenters. The average molecular weight is 231 g/mol. The van der Waals surface area contributed by atoms with Gasteiger partial charge in [0.25, 0.3) is 0 Å². The molecule has 0 saturated carbocycles. The maximum atomic E-state index is 3.78. The normalized spacial score (nSPS) is 24.5. The van der Waals surface area contributed by atoms with Crippen molar-refractivity contribution in [3.8, 4) is 0 Å². The molecule has 94 valence electrons. The van der Waals surface area contributed by atoms with E-state index < -0.39 is 0 Å². The number of aryl methyl sites for hydroxylation is 1. The molecule has 1 fully saturated rings. The summed E-state index contributed by atoms with van der Waals surface area (Å²) < 4.78 is 0. The standard InChI is InChI=1S/C16H25N/c1-13(2)11-16(9-6-10-17-16)12-15-8-5-4-7-14(15)3/h4-5,7-8,13,17H,6,9-12H2,1-3H3. The highest BCUT2D eigenvalue weighted by Gasteiger charge is 2.34. The Bertz CT molecular complexity index is 362. The van der Waals surface area contributed by atoms with Crippen LogP contribution in [-0.4, -0.2) is 12.1 Å². The molecule has 1 heterocycles. The molecule has 1 N–H and O–H groups in total. The van der Waals surface area contributed by atoms with E-state index in [4.69, 9.17) is 0 Å². The monoisotopic (exact) mass is 231 g/mol. The molecule has 0 aliphatic carbocycles. The van der Waals surface area contributed by atoms with Gasteiger partial charge in [-0.15, -0.1) is 0 Å². The lowest BCUT2D eigenvalue weighted by molar-refractivity contribution is 0.301. The average Bonchev–Trinajstić information content (AvgIpc) is 2.69. The fraction of sp³-hybridized carbons (Fsp3) is 0.625. The number of nitrogens with one attached hydrogen (secondary N) is 1. The summed E-state index contributed by atoms with van der Waals surface area (Å²) in [6.07, 6.45) is 5.15. The second-order valence-corrected chi connectivity index (χ2v) is 6.01. The van der Waals surface area contributed by atoms with Crippen LogP contribution >= 0.6 is 0 Å². The third kappa shape index (κ3) is 3.10. The lowest BCUT2D eigenvalue weighted by Crippen LogP contribution is -2.43. The van der Waals surface area contributed by atoms with Crippen molar-refractivity contribution >= 4 is 0 Å². The van der Waals surface area contributed by atoms with Gasteiger partial charge in [0.05, 0.1) is 0 Å². The van der Waals surface area contributed by atoms with Gasteiger partial charge < -0.3 is 5.32 Å². The molecule has 17 heavy (non-hydrogen) atoms. The maximum Gasteiger partial charge on any atom is 0.0224 e. The maximum absolute atomic E-state index is 3.78. The van der Waals surface area contributed by atoms with Crippen LogP contribution < -0.4 is 5.32 Å². The van der Waals surface area contributed by atoms with Crippen LogP contribution in [0.2, 0.25) is 0 Å². The molecule has 1 aliphatic heterocycles. The molecule has 1 saturated heterocycles. The molecule has 1 aliphatic rings. The first-order chi connectivity index (χ1) is 8.11. The predicted molar refractivity (Wildman–Crippen MR) is 74.3 cm³/mol. The zero-order valence-corrected chi connectivity index (χ0v) is 11.4. The number of hydrogen-bond acceptors (Lipinski definition) is 1. The second-order valence-electron chi connectivity index (χ2n) is 6.01. The number of benzene rings is 1. The van der Waals surface area contributed by atoms with E-state index in [0.717, 1.165) is 5.92 Å². The van der Waals surface area contributed by atoms with E-state index in [1.807, 2.05) is 0 Å². The van der Waals surface area contributed by atoms with E-state index >= 15 is 0 Å². The highest BCUT2D eigenvalue weighted by atomic mass is 15.0. The summed E-state index contributed by atoms with van der Waals surface area (Å²) in [5.74, 6) is 0.768. The topological polar surface area (TPSA) is 12.0 Å². The molecule has 0 aromatic heterocycles. The van der Waals surface area contributed by atoms with Crippen molar-refractivity contribution in [3.05, 3.63) is 35.4 Å². The van der Waals surface area contributed by atoms with Crippen LogP contribution in [-0.2, 0) is 6.42 Å². The lowest BCUT2D eigenvalue weighted by Gasteiger charge is -2.32. The fourth-order valence-corrected chi connectivity index (χ4v) is 3.22. The Labute approximate surface area is 106 Å². The molecule has 0 spiro atoms. The zero-order valence-electron chi connectivity index (χ0n) is 11.4. The van der Waals surface area contributed by atoms with E-state index in [0.29, 0.717) is 5.54 Å². The summed E-state index contributed by atoms with van der Waals surface area (Å²) in [5, 5.41) is 3.78. The van der Waals surface area contributed by atoms with Crippen LogP contribution in [0.3, 0.4) is 0 Å². The van der Waals surface area contributed by atoms with Gasteiger partial charge >= 0.3 is 0 Å². The first-order valence-electron chi connectivity index (χ1n) is 6.91. The molecular weight excluding hydrogens is 206 g/mol. The van der Waals surface area contributed by atoms with Gasteiger partial charge in [0.2, 0.25) is 0 Å². The SMILES string of the molecule is Cc1ccccc1CC1(CC(C)C)CCCN1. The largest absolute Gasteiger partial charge is 0.311 e. The minimum absolute atomic E-state index is 0.361. The van der Waals surface area contributed by atoms with Crippen LogP contribution in [0.5, 0.6) is 0 Å². The van der Waals surface area contributed by atoms with Gasteiger partial charge in [-0.3, -0.25) is 0 Å². The van der Waals surface area contributed by atoms with Gasteiger partial charge in [-0.05, 0) is 56.2 Å². The molecule has 1 atom stereocenters. The van der Waals surface area contributed by atoms with Gasteiger partial charge in [0.1, 0.15) is 0 Å². The minimum Gasteiger partial charge on any atom is -0.311 e. The summed E-state index contributed by atoms with van der Waals surface area (Å²) in [6.45, 7) is 8.09. The molecule has 1 heteroatoms. The van der Waals surface area contributed by atoms with Gasteiger partial charge in [0, 0.05) is 5.54 Å². The quantitative estimate of drug-likeness (QED) is 0.833. The zero-order chi connectivity index (χ0) is 12.3. The smallest absolute Gasteiger partial charge is 0.0224 e. The Morgan fingerprint density at radius 3 is 2.65 bits per heavy atom. The molecule has 1 aromatic carbocycles. The molecule has 0 bridgehead atoms. The Hall–Kier alpha value is -0.820. The third-order valence-corrected chi connectivity index (χ3v) is 3.92. The Morgan fingerprint density at radius 2 is 2.06 bits per heavy atom. The van der Waals surface area contributed by atoms with E-state index in [1.165, 1.54) is 43.4 Å². The van der Waals surface area contributed by atoms with Crippen LogP contribution in [0.15, 0.2) is 24.3 Å². The van der Waals surface area contributed by atoms with E-state index in [2.05, 4.69) is 50.4 Å². The van der Waals surface area contributed by atoms with E-state index in [9.17, 15) is 0 Å². The van der Waals surface area contributed by atoms with Crippen LogP contribution in [0.25, 0.3) is 0 Å². The summed E-state index contributed by atoms with van der Waals surface area (Å²) in [7, 11) is 0. The first-order valence-corrected chi connectivity index (χ1v) is 6.91. The fourth-order valence-electron chi connectivity index (χ4n) is 3.22.